The zero-order valence-corrected chi connectivity index (χ0v) is 19.2. The summed E-state index contributed by atoms with van der Waals surface area (Å²) in [6.07, 6.45) is 5.19. The van der Waals surface area contributed by atoms with Gasteiger partial charge >= 0.3 is 0 Å². The molecule has 35 heavy (non-hydrogen) atoms. The van der Waals surface area contributed by atoms with Crippen molar-refractivity contribution in [3.63, 3.8) is 0 Å². The van der Waals surface area contributed by atoms with Crippen molar-refractivity contribution in [2.24, 2.45) is 10.7 Å². The van der Waals surface area contributed by atoms with E-state index in [9.17, 15) is 4.39 Å². The Morgan fingerprint density at radius 1 is 1.06 bits per heavy atom. The van der Waals surface area contributed by atoms with Gasteiger partial charge in [-0.3, -0.25) is 19.9 Å². The van der Waals surface area contributed by atoms with Gasteiger partial charge in [0.15, 0.2) is 0 Å². The van der Waals surface area contributed by atoms with Crippen molar-refractivity contribution in [1.29, 1.82) is 10.8 Å². The third-order valence-corrected chi connectivity index (χ3v) is 6.00. The van der Waals surface area contributed by atoms with E-state index in [1.807, 2.05) is 29.7 Å². The number of nitrogens with zero attached hydrogens (tertiary/aromatic N) is 5. The average Bonchev–Trinajstić information content (AvgIpc) is 3.21. The van der Waals surface area contributed by atoms with E-state index in [1.165, 1.54) is 24.5 Å². The predicted molar refractivity (Wildman–Crippen MR) is 137 cm³/mol. The lowest BCUT2D eigenvalue weighted by molar-refractivity contribution is 0.636. The molecule has 172 valence electrons. The van der Waals surface area contributed by atoms with Crippen molar-refractivity contribution in [3.8, 4) is 16.8 Å². The number of aromatic nitrogens is 4. The van der Waals surface area contributed by atoms with Crippen LogP contribution in [-0.2, 0) is 0 Å². The van der Waals surface area contributed by atoms with E-state index in [2.05, 4.69) is 15.0 Å². The topological polar surface area (TPSA) is 130 Å². The average molecular weight is 485 g/mol. The van der Waals surface area contributed by atoms with Crippen LogP contribution in [0.15, 0.2) is 59.9 Å². The summed E-state index contributed by atoms with van der Waals surface area (Å²) in [5.41, 5.74) is 10.8. The molecule has 3 heterocycles. The molecule has 0 aliphatic carbocycles. The molecule has 0 amide bonds. The lowest BCUT2D eigenvalue weighted by atomic mass is 10.0. The molecule has 2 aromatic carbocycles. The van der Waals surface area contributed by atoms with Gasteiger partial charge in [-0.25, -0.2) is 14.4 Å². The fourth-order valence-corrected chi connectivity index (χ4v) is 4.42. The van der Waals surface area contributed by atoms with Crippen LogP contribution in [0, 0.1) is 23.6 Å². The number of halogens is 2. The number of aryl methyl sites for hydroxylation is 1. The SMILES string of the molecule is Cc1nc2c(C(N)=NC=N)cc(-c3ccnc(C=N)c3)cc2n1-c1ccnc2c(F)ccc(Cl)c12. The first-order valence-corrected chi connectivity index (χ1v) is 10.9. The van der Waals surface area contributed by atoms with E-state index in [0.29, 0.717) is 44.2 Å². The number of fused-ring (bicyclic) bond motifs is 2. The highest BCUT2D eigenvalue weighted by molar-refractivity contribution is 6.36. The standard InChI is InChI=1S/C25H18ClFN8/c1-13-34-23-17(25(30)33-12-29)9-15(14-4-6-31-16(8-14)11-28)10-21(23)35(13)20-5-7-32-24-19(27)3-2-18(26)22(20)24/h2-12,28H,1H3,(H3,29,30,33). The largest absolute Gasteiger partial charge is 0.383 e. The summed E-state index contributed by atoms with van der Waals surface area (Å²) in [7, 11) is 0. The van der Waals surface area contributed by atoms with Gasteiger partial charge in [0.1, 0.15) is 34.8 Å². The zero-order chi connectivity index (χ0) is 24.7. The Morgan fingerprint density at radius 3 is 2.63 bits per heavy atom. The number of nitrogens with two attached hydrogens (primary N) is 1. The second-order valence-corrected chi connectivity index (χ2v) is 8.13. The summed E-state index contributed by atoms with van der Waals surface area (Å²) in [5.74, 6) is 0.262. The fourth-order valence-electron chi connectivity index (χ4n) is 4.17. The Hall–Kier alpha value is -4.50. The fraction of sp³-hybridized carbons (Fsp3) is 0.0400. The molecule has 0 fully saturated rings. The van der Waals surface area contributed by atoms with Crippen LogP contribution in [-0.4, -0.2) is 37.9 Å². The molecule has 0 saturated carbocycles. The van der Waals surface area contributed by atoms with Crippen LogP contribution >= 0.6 is 11.6 Å². The van der Waals surface area contributed by atoms with Crippen molar-refractivity contribution in [1.82, 2.24) is 19.5 Å². The van der Waals surface area contributed by atoms with Gasteiger partial charge in [0.2, 0.25) is 0 Å². The number of aliphatic imine (C=N–C) groups is 1. The summed E-state index contributed by atoms with van der Waals surface area (Å²) in [4.78, 5) is 17.0. The van der Waals surface area contributed by atoms with Gasteiger partial charge in [0, 0.05) is 29.6 Å². The number of benzene rings is 2. The van der Waals surface area contributed by atoms with Crippen LogP contribution < -0.4 is 5.73 Å². The Morgan fingerprint density at radius 2 is 1.86 bits per heavy atom. The number of hydrogen-bond acceptors (Lipinski definition) is 5. The third kappa shape index (κ3) is 3.71. The number of imidazole rings is 1. The minimum absolute atomic E-state index is 0.126. The summed E-state index contributed by atoms with van der Waals surface area (Å²) < 4.78 is 16.5. The second-order valence-electron chi connectivity index (χ2n) is 7.73. The van der Waals surface area contributed by atoms with Gasteiger partial charge in [-0.1, -0.05) is 11.6 Å². The maximum Gasteiger partial charge on any atom is 0.149 e. The Balaban J connectivity index is 1.90. The molecule has 10 heteroatoms. The molecule has 5 aromatic rings. The van der Waals surface area contributed by atoms with Crippen molar-refractivity contribution < 1.29 is 4.39 Å². The van der Waals surface area contributed by atoms with Gasteiger partial charge in [-0.2, -0.15) is 0 Å². The van der Waals surface area contributed by atoms with E-state index < -0.39 is 5.82 Å². The quantitative estimate of drug-likeness (QED) is 0.238. The Bertz CT molecular complexity index is 1690. The number of nitrogens with one attached hydrogen (secondary N) is 2. The summed E-state index contributed by atoms with van der Waals surface area (Å²) in [6.45, 7) is 1.83. The monoisotopic (exact) mass is 484 g/mol. The highest BCUT2D eigenvalue weighted by atomic mass is 35.5. The molecule has 0 unspecified atom stereocenters. The lowest BCUT2D eigenvalue weighted by Crippen LogP contribution is -2.14. The van der Waals surface area contributed by atoms with Crippen LogP contribution in [0.2, 0.25) is 5.02 Å². The van der Waals surface area contributed by atoms with Crippen LogP contribution in [0.3, 0.4) is 0 Å². The number of amidine groups is 1. The number of rotatable bonds is 5. The van der Waals surface area contributed by atoms with Crippen LogP contribution in [0.1, 0.15) is 17.1 Å². The first-order valence-electron chi connectivity index (χ1n) is 10.5. The van der Waals surface area contributed by atoms with Crippen LogP contribution in [0.4, 0.5) is 4.39 Å². The normalized spacial score (nSPS) is 11.8. The van der Waals surface area contributed by atoms with Crippen molar-refractivity contribution in [3.05, 3.63) is 82.8 Å². The van der Waals surface area contributed by atoms with E-state index in [4.69, 9.17) is 33.1 Å². The van der Waals surface area contributed by atoms with Gasteiger partial charge in [-0.15, -0.1) is 0 Å². The molecular formula is C25H18ClFN8. The minimum Gasteiger partial charge on any atom is -0.383 e. The van der Waals surface area contributed by atoms with Crippen LogP contribution in [0.25, 0.3) is 38.8 Å². The summed E-state index contributed by atoms with van der Waals surface area (Å²) in [6, 6.07) is 11.9. The molecule has 3 aromatic heterocycles. The lowest BCUT2D eigenvalue weighted by Gasteiger charge is -2.13. The molecule has 0 aliphatic heterocycles. The predicted octanol–water partition coefficient (Wildman–Crippen LogP) is 5.05. The van der Waals surface area contributed by atoms with Gasteiger partial charge in [0.05, 0.1) is 21.9 Å². The second kappa shape index (κ2) is 8.69. The Kier molecular flexibility index (Phi) is 5.54. The highest BCUT2D eigenvalue weighted by Crippen LogP contribution is 2.35. The molecule has 0 bridgehead atoms. The van der Waals surface area contributed by atoms with Crippen molar-refractivity contribution >= 4 is 51.9 Å². The maximum atomic E-state index is 14.6. The smallest absolute Gasteiger partial charge is 0.149 e. The van der Waals surface area contributed by atoms with Crippen molar-refractivity contribution in [2.45, 2.75) is 6.92 Å². The molecular weight excluding hydrogens is 467 g/mol. The molecule has 0 atom stereocenters. The zero-order valence-electron chi connectivity index (χ0n) is 18.4. The van der Waals surface area contributed by atoms with E-state index in [0.717, 1.165) is 17.5 Å². The highest BCUT2D eigenvalue weighted by Gasteiger charge is 2.20. The molecule has 0 aliphatic rings. The number of hydrogen-bond donors (Lipinski definition) is 3. The van der Waals surface area contributed by atoms with E-state index in [1.54, 1.807) is 18.3 Å². The molecule has 4 N–H and O–H groups in total. The van der Waals surface area contributed by atoms with E-state index >= 15 is 0 Å². The van der Waals surface area contributed by atoms with Gasteiger partial charge in [0.25, 0.3) is 0 Å². The first kappa shape index (κ1) is 22.3. The van der Waals surface area contributed by atoms with Gasteiger partial charge in [-0.05, 0) is 60.5 Å². The molecule has 0 spiro atoms. The molecule has 0 saturated heterocycles. The molecule has 0 radical (unpaired) electrons. The molecule has 5 rings (SSSR count). The third-order valence-electron chi connectivity index (χ3n) is 5.68. The van der Waals surface area contributed by atoms with Crippen LogP contribution in [0.5, 0.6) is 0 Å². The van der Waals surface area contributed by atoms with Gasteiger partial charge < -0.3 is 11.1 Å². The Labute approximate surface area is 204 Å². The maximum absolute atomic E-state index is 14.6. The summed E-state index contributed by atoms with van der Waals surface area (Å²) >= 11 is 6.51. The summed E-state index contributed by atoms with van der Waals surface area (Å²) in [5, 5.41) is 15.7. The number of pyridine rings is 2. The first-order chi connectivity index (χ1) is 16.9. The minimum atomic E-state index is -0.479. The van der Waals surface area contributed by atoms with E-state index in [-0.39, 0.29) is 11.4 Å². The molecule has 8 nitrogen and oxygen atoms in total. The van der Waals surface area contributed by atoms with Crippen molar-refractivity contribution in [2.75, 3.05) is 0 Å².